The van der Waals surface area contributed by atoms with Gasteiger partial charge in [0.25, 0.3) is 0 Å². The maximum absolute atomic E-state index is 8.13. The summed E-state index contributed by atoms with van der Waals surface area (Å²) in [5, 5.41) is 11.0. The van der Waals surface area contributed by atoms with E-state index in [0.29, 0.717) is 6.54 Å². The Bertz CT molecular complexity index is 22.8. The van der Waals surface area contributed by atoms with E-state index in [1.807, 2.05) is 0 Å². The van der Waals surface area contributed by atoms with Crippen molar-refractivity contribution in [2.45, 2.75) is 0 Å². The van der Waals surface area contributed by atoms with Crippen molar-refractivity contribution in [3.05, 3.63) is 0 Å². The zero-order chi connectivity index (χ0) is 4.83. The summed E-state index contributed by atoms with van der Waals surface area (Å²) < 4.78 is 0. The molecule has 0 saturated heterocycles. The predicted molar refractivity (Wildman–Crippen MR) is 29.7 cm³/mol. The first-order chi connectivity index (χ1) is 2.91. The second kappa shape index (κ2) is 5.35. The normalized spacial score (nSPS) is 9.00. The van der Waals surface area contributed by atoms with Crippen molar-refractivity contribution in [3.8, 4) is 0 Å². The Morgan fingerprint density at radius 1 is 1.67 bits per heavy atom. The third-order valence-electron chi connectivity index (χ3n) is 0.433. The second-order valence-corrected chi connectivity index (χ2v) is 1.34. The molecule has 0 aromatic rings. The Morgan fingerprint density at radius 3 is 2.50 bits per heavy atom. The van der Waals surface area contributed by atoms with E-state index in [1.54, 1.807) is 0 Å². The molecule has 0 heterocycles. The minimum Gasteiger partial charge on any atom is -0.395 e. The molecule has 0 aromatic heterocycles. The molecule has 38 valence electrons. The van der Waals surface area contributed by atoms with Gasteiger partial charge in [0.05, 0.1) is 6.61 Å². The smallest absolute Gasteiger partial charge is 0.0556 e. The molecule has 0 aromatic carbocycles. The number of rotatable bonds is 3. The van der Waals surface area contributed by atoms with Gasteiger partial charge in [0.1, 0.15) is 0 Å². The van der Waals surface area contributed by atoms with E-state index >= 15 is 0 Å². The third kappa shape index (κ3) is 4.35. The molecule has 2 nitrogen and oxygen atoms in total. The van der Waals surface area contributed by atoms with Crippen LogP contribution in [0, 0.1) is 0 Å². The van der Waals surface area contributed by atoms with Crippen LogP contribution in [-0.4, -0.2) is 24.5 Å². The van der Waals surface area contributed by atoms with E-state index in [0.717, 1.165) is 6.29 Å². The van der Waals surface area contributed by atoms with E-state index < -0.39 is 0 Å². The van der Waals surface area contributed by atoms with Crippen LogP contribution in [0.2, 0.25) is 0 Å². The average molecular weight is 107 g/mol. The quantitative estimate of drug-likeness (QED) is 0.373. The fourth-order valence-corrected chi connectivity index (χ4v) is 0.385. The molecule has 0 spiro atoms. The molecule has 0 rings (SSSR count). The van der Waals surface area contributed by atoms with Crippen molar-refractivity contribution in [2.24, 2.45) is 0 Å². The van der Waals surface area contributed by atoms with Gasteiger partial charge in [0, 0.05) is 12.8 Å². The van der Waals surface area contributed by atoms with Gasteiger partial charge in [-0.25, -0.2) is 0 Å². The summed E-state index contributed by atoms with van der Waals surface area (Å²) in [6.07, 6.45) is 0.862. The van der Waals surface area contributed by atoms with Crippen molar-refractivity contribution in [3.63, 3.8) is 0 Å². The molecule has 0 fully saturated rings. The van der Waals surface area contributed by atoms with Crippen molar-refractivity contribution in [1.29, 1.82) is 0 Å². The monoisotopic (exact) mass is 107 g/mol. The SMILES string of the molecule is OCCNCP. The van der Waals surface area contributed by atoms with E-state index in [-0.39, 0.29) is 6.61 Å². The van der Waals surface area contributed by atoms with E-state index in [4.69, 9.17) is 5.11 Å². The van der Waals surface area contributed by atoms with Crippen molar-refractivity contribution in [1.82, 2.24) is 5.32 Å². The van der Waals surface area contributed by atoms with Crippen LogP contribution in [-0.2, 0) is 0 Å². The van der Waals surface area contributed by atoms with Crippen LogP contribution in [0.25, 0.3) is 0 Å². The highest BCUT2D eigenvalue weighted by Gasteiger charge is 1.72. The molecule has 0 radical (unpaired) electrons. The number of aliphatic hydroxyl groups excluding tert-OH is 1. The number of nitrogens with one attached hydrogen (secondary N) is 1. The third-order valence-corrected chi connectivity index (χ3v) is 0.722. The molecule has 1 unspecified atom stereocenters. The van der Waals surface area contributed by atoms with E-state index in [2.05, 4.69) is 14.6 Å². The molecule has 0 aliphatic rings. The number of hydrogen-bond donors (Lipinski definition) is 2. The Balaban J connectivity index is 2.34. The van der Waals surface area contributed by atoms with Gasteiger partial charge in [-0.3, -0.25) is 0 Å². The molecular weight excluding hydrogens is 97.0 g/mol. The van der Waals surface area contributed by atoms with Crippen molar-refractivity contribution >= 4 is 9.24 Å². The van der Waals surface area contributed by atoms with Crippen LogP contribution in [0.1, 0.15) is 0 Å². The van der Waals surface area contributed by atoms with Crippen LogP contribution in [0.15, 0.2) is 0 Å². The lowest BCUT2D eigenvalue weighted by Gasteiger charge is -1.91. The highest BCUT2D eigenvalue weighted by atomic mass is 31.0. The summed E-state index contributed by atoms with van der Waals surface area (Å²) in [5.41, 5.74) is 0. The molecule has 2 N–H and O–H groups in total. The largest absolute Gasteiger partial charge is 0.395 e. The fourth-order valence-electron chi connectivity index (χ4n) is 0.181. The number of aliphatic hydroxyl groups is 1. The lowest BCUT2D eigenvalue weighted by molar-refractivity contribution is 0.295. The Kier molecular flexibility index (Phi) is 5.66. The second-order valence-electron chi connectivity index (χ2n) is 0.928. The van der Waals surface area contributed by atoms with E-state index in [9.17, 15) is 0 Å². The summed E-state index contributed by atoms with van der Waals surface area (Å²) in [5.74, 6) is 0. The first-order valence-corrected chi connectivity index (χ1v) is 2.75. The summed E-state index contributed by atoms with van der Waals surface area (Å²) in [7, 11) is 2.51. The molecule has 0 amide bonds. The molecule has 3 heteroatoms. The fraction of sp³-hybridized carbons (Fsp3) is 1.00. The van der Waals surface area contributed by atoms with Gasteiger partial charge in [-0.05, 0) is 0 Å². The highest BCUT2D eigenvalue weighted by molar-refractivity contribution is 7.16. The Labute approximate surface area is 40.1 Å². The van der Waals surface area contributed by atoms with E-state index in [1.165, 1.54) is 0 Å². The highest BCUT2D eigenvalue weighted by Crippen LogP contribution is 1.68. The van der Waals surface area contributed by atoms with Crippen LogP contribution >= 0.6 is 9.24 Å². The van der Waals surface area contributed by atoms with Crippen LogP contribution in [0.5, 0.6) is 0 Å². The van der Waals surface area contributed by atoms with Crippen LogP contribution in [0.3, 0.4) is 0 Å². The Hall–Kier alpha value is 0.350. The summed E-state index contributed by atoms with van der Waals surface area (Å²) >= 11 is 0. The molecule has 0 aliphatic carbocycles. The zero-order valence-electron chi connectivity index (χ0n) is 3.65. The lowest BCUT2D eigenvalue weighted by Crippen LogP contribution is -2.14. The standard InChI is InChI=1S/C3H10NOP/c5-2-1-4-3-6/h4-5H,1-3,6H2. The van der Waals surface area contributed by atoms with Gasteiger partial charge in [-0.15, -0.1) is 9.24 Å². The summed E-state index contributed by atoms with van der Waals surface area (Å²) in [4.78, 5) is 0. The first-order valence-electron chi connectivity index (χ1n) is 1.93. The Morgan fingerprint density at radius 2 is 2.33 bits per heavy atom. The van der Waals surface area contributed by atoms with Crippen molar-refractivity contribution in [2.75, 3.05) is 19.4 Å². The zero-order valence-corrected chi connectivity index (χ0v) is 4.80. The summed E-state index contributed by atoms with van der Waals surface area (Å²) in [6, 6.07) is 0. The minimum atomic E-state index is 0.231. The van der Waals surface area contributed by atoms with Gasteiger partial charge < -0.3 is 10.4 Å². The number of hydrogen-bond acceptors (Lipinski definition) is 2. The van der Waals surface area contributed by atoms with Crippen LogP contribution in [0.4, 0.5) is 0 Å². The van der Waals surface area contributed by atoms with Gasteiger partial charge in [0.2, 0.25) is 0 Å². The lowest BCUT2D eigenvalue weighted by atomic mass is 10.7. The maximum Gasteiger partial charge on any atom is 0.0556 e. The molecule has 0 saturated carbocycles. The maximum atomic E-state index is 8.13. The summed E-state index contributed by atoms with van der Waals surface area (Å²) in [6.45, 7) is 0.928. The van der Waals surface area contributed by atoms with Gasteiger partial charge >= 0.3 is 0 Å². The predicted octanol–water partition coefficient (Wildman–Crippen LogP) is -0.599. The minimum absolute atomic E-state index is 0.231. The van der Waals surface area contributed by atoms with Crippen molar-refractivity contribution < 1.29 is 5.11 Å². The van der Waals surface area contributed by atoms with Crippen LogP contribution < -0.4 is 5.32 Å². The van der Waals surface area contributed by atoms with Gasteiger partial charge in [-0.2, -0.15) is 0 Å². The van der Waals surface area contributed by atoms with Gasteiger partial charge in [-0.1, -0.05) is 0 Å². The average Bonchev–Trinajstić information content (AvgIpc) is 1.61. The molecular formula is C3H10NOP. The molecule has 0 bridgehead atoms. The molecule has 1 atom stereocenters. The molecule has 0 aliphatic heterocycles. The van der Waals surface area contributed by atoms with Gasteiger partial charge in [0.15, 0.2) is 0 Å². The molecule has 6 heavy (non-hydrogen) atoms. The topological polar surface area (TPSA) is 32.3 Å². The first kappa shape index (κ1) is 6.35.